The summed E-state index contributed by atoms with van der Waals surface area (Å²) in [4.78, 5) is 26.6. The van der Waals surface area contributed by atoms with Gasteiger partial charge in [-0.3, -0.25) is 4.79 Å². The predicted octanol–water partition coefficient (Wildman–Crippen LogP) is 8.63. The molecule has 0 aromatic heterocycles. The summed E-state index contributed by atoms with van der Waals surface area (Å²) in [6.45, 7) is 27.8. The summed E-state index contributed by atoms with van der Waals surface area (Å²) in [5.41, 5.74) is 2.16. The average Bonchev–Trinajstić information content (AvgIpc) is 3.17. The predicted molar refractivity (Wildman–Crippen MR) is 188 cm³/mol. The van der Waals surface area contributed by atoms with Gasteiger partial charge in [-0.25, -0.2) is 4.79 Å². The lowest BCUT2D eigenvalue weighted by molar-refractivity contribution is -0.170. The minimum Gasteiger partial charge on any atom is -0.467 e. The molecule has 3 saturated carbocycles. The zero-order chi connectivity index (χ0) is 34.8. The van der Waals surface area contributed by atoms with E-state index in [4.69, 9.17) is 14.0 Å². The van der Waals surface area contributed by atoms with Gasteiger partial charge in [0.2, 0.25) is 5.91 Å². The van der Waals surface area contributed by atoms with Crippen LogP contribution in [-0.2, 0) is 23.6 Å². The molecule has 47 heavy (non-hydrogen) atoms. The van der Waals surface area contributed by atoms with Crippen LogP contribution in [0.3, 0.4) is 0 Å². The molecule has 1 saturated heterocycles. The first-order chi connectivity index (χ1) is 21.5. The average molecular weight is 650 g/mol. The highest BCUT2D eigenvalue weighted by Crippen LogP contribution is 2.76. The molecule has 0 aromatic carbocycles. The second-order valence-electron chi connectivity index (χ2n) is 19.8. The van der Waals surface area contributed by atoms with Crippen LogP contribution in [0.1, 0.15) is 141 Å². The van der Waals surface area contributed by atoms with E-state index < -0.39 is 11.5 Å². The lowest BCUT2D eigenvalue weighted by atomic mass is 9.33. The van der Waals surface area contributed by atoms with Gasteiger partial charge in [0, 0.05) is 0 Å². The normalized spacial score (nSPS) is 43.2. The topological polar surface area (TPSA) is 73.9 Å². The molecule has 6 rings (SSSR count). The third-order valence-corrected chi connectivity index (χ3v) is 16.1. The van der Waals surface area contributed by atoms with Crippen molar-refractivity contribution in [2.45, 2.75) is 158 Å². The van der Waals surface area contributed by atoms with Crippen LogP contribution in [0.25, 0.3) is 0 Å². The number of ether oxygens (including phenoxy) is 1. The maximum Gasteiger partial charge on any atom is 0.490 e. The second-order valence-corrected chi connectivity index (χ2v) is 19.8. The summed E-state index contributed by atoms with van der Waals surface area (Å²) in [7, 11) is 1.10. The van der Waals surface area contributed by atoms with Gasteiger partial charge >= 0.3 is 13.1 Å². The van der Waals surface area contributed by atoms with E-state index in [0.29, 0.717) is 11.8 Å². The van der Waals surface area contributed by atoms with E-state index in [9.17, 15) is 9.59 Å². The molecule has 6 nitrogen and oxygen atoms in total. The molecule has 1 amide bonds. The van der Waals surface area contributed by atoms with Gasteiger partial charge < -0.3 is 19.4 Å². The molecule has 4 fully saturated rings. The third-order valence-electron chi connectivity index (χ3n) is 16.1. The Morgan fingerprint density at radius 2 is 1.49 bits per heavy atom. The van der Waals surface area contributed by atoms with Gasteiger partial charge in [-0.1, -0.05) is 66.2 Å². The minimum atomic E-state index is -0.645. The fourth-order valence-electron chi connectivity index (χ4n) is 12.2. The van der Waals surface area contributed by atoms with Crippen molar-refractivity contribution >= 4 is 19.0 Å². The summed E-state index contributed by atoms with van der Waals surface area (Å²) >= 11 is 0. The number of esters is 1. The monoisotopic (exact) mass is 649 g/mol. The number of carbonyl (C=O) groups excluding carboxylic acids is 2. The Kier molecular flexibility index (Phi) is 8.03. The number of allylic oxidation sites excluding steroid dienone is 4. The minimum absolute atomic E-state index is 0.0274. The highest BCUT2D eigenvalue weighted by molar-refractivity contribution is 6.55. The lowest BCUT2D eigenvalue weighted by Gasteiger charge is -2.70. The molecular weight excluding hydrogens is 585 g/mol. The molecule has 8 atom stereocenters. The lowest BCUT2D eigenvalue weighted by Crippen LogP contribution is -2.65. The SMILES string of the molecule is COC(=O)[C@H](C)NC(=O)[C@]12CCC(C)(C)C[C@H]1C1=CC[C@@H]3[C@@]4(C)CC=C(B5OC(C)(C)C(C)(C)O5)C(C)(C)[C@@H]4CC[C@@]3(C)[C@]1(C)CC2. The highest BCUT2D eigenvalue weighted by atomic mass is 16.7. The van der Waals surface area contributed by atoms with Crippen LogP contribution >= 0.6 is 0 Å². The van der Waals surface area contributed by atoms with Gasteiger partial charge in [-0.05, 0) is 143 Å². The number of fused-ring (bicyclic) bond motifs is 7. The van der Waals surface area contributed by atoms with Gasteiger partial charge in [0.05, 0.1) is 23.7 Å². The summed E-state index contributed by atoms with van der Waals surface area (Å²) in [5, 5.41) is 3.11. The molecule has 1 heterocycles. The van der Waals surface area contributed by atoms with Crippen molar-refractivity contribution in [1.29, 1.82) is 0 Å². The van der Waals surface area contributed by atoms with Gasteiger partial charge in [0.15, 0.2) is 0 Å². The van der Waals surface area contributed by atoms with Crippen LogP contribution in [0.5, 0.6) is 0 Å². The first-order valence-electron chi connectivity index (χ1n) is 18.7. The van der Waals surface area contributed by atoms with Crippen LogP contribution in [0, 0.1) is 50.2 Å². The molecule has 0 bridgehead atoms. The Hall–Kier alpha value is -1.60. The third kappa shape index (κ3) is 4.84. The molecule has 7 heteroatoms. The second kappa shape index (κ2) is 10.7. The van der Waals surface area contributed by atoms with Crippen LogP contribution in [0.15, 0.2) is 23.2 Å². The summed E-state index contributed by atoms with van der Waals surface area (Å²) in [5.74, 6) is 0.945. The maximum absolute atomic E-state index is 14.3. The number of carbonyl (C=O) groups is 2. The standard InChI is InChI=1S/C40H64BNO5/c1-25(31(43)45-13)42-32(44)40-22-20-33(2,3)24-27(40)26-14-15-29-37(10)18-17-30(41-46-35(6,7)36(8,9)47-41)34(4,5)28(37)16-19-39(29,12)38(26,11)21-23-40/h14,17,25,27-29H,15-16,18-24H2,1-13H3,(H,42,44)/t25-,27-,28-,29+,37-,38+,39+,40-/m0/s1. The van der Waals surface area contributed by atoms with Crippen LogP contribution in [0.2, 0.25) is 0 Å². The van der Waals surface area contributed by atoms with Crippen molar-refractivity contribution in [3.8, 4) is 0 Å². The Balaban J connectivity index is 1.36. The molecular formula is C40H64BNO5. The molecule has 1 N–H and O–H groups in total. The van der Waals surface area contributed by atoms with E-state index in [1.54, 1.807) is 12.5 Å². The quantitative estimate of drug-likeness (QED) is 0.188. The van der Waals surface area contributed by atoms with E-state index in [1.807, 2.05) is 0 Å². The first kappa shape index (κ1) is 35.2. The van der Waals surface area contributed by atoms with E-state index in [-0.39, 0.29) is 63.2 Å². The number of hydrogen-bond donors (Lipinski definition) is 1. The van der Waals surface area contributed by atoms with Gasteiger partial charge in [0.1, 0.15) is 6.04 Å². The zero-order valence-electron chi connectivity index (χ0n) is 31.9. The van der Waals surface area contributed by atoms with Gasteiger partial charge in [0.25, 0.3) is 0 Å². The van der Waals surface area contributed by atoms with E-state index >= 15 is 0 Å². The number of rotatable bonds is 4. The fraction of sp³-hybridized carbons (Fsp3) is 0.850. The molecule has 0 aromatic rings. The van der Waals surface area contributed by atoms with Gasteiger partial charge in [-0.2, -0.15) is 0 Å². The highest BCUT2D eigenvalue weighted by Gasteiger charge is 2.69. The zero-order valence-corrected chi connectivity index (χ0v) is 31.9. The molecule has 1 aliphatic heterocycles. The number of hydrogen-bond acceptors (Lipinski definition) is 5. The van der Waals surface area contributed by atoms with Crippen LogP contribution < -0.4 is 5.32 Å². The Morgan fingerprint density at radius 1 is 0.872 bits per heavy atom. The van der Waals surface area contributed by atoms with E-state index in [1.165, 1.54) is 25.4 Å². The Bertz CT molecular complexity index is 1380. The summed E-state index contributed by atoms with van der Waals surface area (Å²) < 4.78 is 18.3. The van der Waals surface area contributed by atoms with Crippen molar-refractivity contribution in [2.24, 2.45) is 50.2 Å². The maximum atomic E-state index is 14.3. The molecule has 0 radical (unpaired) electrons. The molecule has 0 unspecified atom stereocenters. The largest absolute Gasteiger partial charge is 0.490 e. The first-order valence-corrected chi connectivity index (χ1v) is 18.7. The van der Waals surface area contributed by atoms with Crippen molar-refractivity contribution in [1.82, 2.24) is 5.32 Å². The Labute approximate surface area is 286 Å². The van der Waals surface area contributed by atoms with Crippen molar-refractivity contribution in [2.75, 3.05) is 7.11 Å². The van der Waals surface area contributed by atoms with Crippen molar-refractivity contribution < 1.29 is 23.6 Å². The fourth-order valence-corrected chi connectivity index (χ4v) is 12.2. The van der Waals surface area contributed by atoms with Crippen LogP contribution in [0.4, 0.5) is 0 Å². The molecule has 6 aliphatic rings. The van der Waals surface area contributed by atoms with E-state index in [0.717, 1.165) is 44.9 Å². The van der Waals surface area contributed by atoms with E-state index in [2.05, 4.69) is 93.6 Å². The number of amides is 1. The van der Waals surface area contributed by atoms with Crippen molar-refractivity contribution in [3.05, 3.63) is 23.2 Å². The number of nitrogens with one attached hydrogen (secondary N) is 1. The number of methoxy groups -OCH3 is 1. The summed E-state index contributed by atoms with van der Waals surface area (Å²) in [6.07, 6.45) is 14.4. The molecule has 0 spiro atoms. The smallest absolute Gasteiger partial charge is 0.467 e. The molecule has 5 aliphatic carbocycles. The Morgan fingerprint density at radius 3 is 2.11 bits per heavy atom. The molecule has 262 valence electrons. The van der Waals surface area contributed by atoms with Crippen LogP contribution in [-0.4, -0.2) is 43.3 Å². The summed E-state index contributed by atoms with van der Waals surface area (Å²) in [6, 6.07) is -0.645. The van der Waals surface area contributed by atoms with Gasteiger partial charge in [-0.15, -0.1) is 0 Å². The van der Waals surface area contributed by atoms with Crippen molar-refractivity contribution in [3.63, 3.8) is 0 Å².